The molecule has 0 radical (unpaired) electrons. The standard InChI is InChI=1S/C23H28N4/c24-19-9-17-3-1-2-16-4-5-18(20(16)17)21(19)26-22(25)27-23-10-13-6-14(11-23)8-15(7-13)12-23/h1-3,9,13-15H,4-8,10-12,24H2,(H3,25,26,27). The van der Waals surface area contributed by atoms with Crippen LogP contribution < -0.4 is 16.8 Å². The molecule has 27 heavy (non-hydrogen) atoms. The Morgan fingerprint density at radius 1 is 1.04 bits per heavy atom. The highest BCUT2D eigenvalue weighted by Gasteiger charge is 2.51. The number of rotatable bonds is 2. The number of nitrogens with two attached hydrogens (primary N) is 2. The van der Waals surface area contributed by atoms with Gasteiger partial charge in [-0.05, 0) is 97.1 Å². The summed E-state index contributed by atoms with van der Waals surface area (Å²) >= 11 is 0. The van der Waals surface area contributed by atoms with Crippen LogP contribution in [0.3, 0.4) is 0 Å². The predicted octanol–water partition coefficient (Wildman–Crippen LogP) is 4.22. The van der Waals surface area contributed by atoms with Gasteiger partial charge < -0.3 is 16.8 Å². The van der Waals surface area contributed by atoms with E-state index in [1.165, 1.54) is 60.4 Å². The van der Waals surface area contributed by atoms with Gasteiger partial charge in [0, 0.05) is 0 Å². The average Bonchev–Trinajstić information content (AvgIpc) is 3.02. The van der Waals surface area contributed by atoms with Gasteiger partial charge in [0.1, 0.15) is 0 Å². The minimum atomic E-state index is 0.0863. The first-order valence-corrected chi connectivity index (χ1v) is 10.5. The lowest BCUT2D eigenvalue weighted by Crippen LogP contribution is -2.50. The Hall–Kier alpha value is -2.23. The van der Waals surface area contributed by atoms with Crippen LogP contribution in [0, 0.1) is 17.8 Å². The monoisotopic (exact) mass is 360 g/mol. The summed E-state index contributed by atoms with van der Waals surface area (Å²) in [5, 5.41) is 6.03. The molecule has 0 aliphatic heterocycles. The van der Waals surface area contributed by atoms with Crippen molar-refractivity contribution < 1.29 is 0 Å². The van der Waals surface area contributed by atoms with Crippen LogP contribution in [0.15, 0.2) is 29.3 Å². The van der Waals surface area contributed by atoms with Crippen molar-refractivity contribution in [2.24, 2.45) is 28.5 Å². The van der Waals surface area contributed by atoms with Gasteiger partial charge in [0.2, 0.25) is 0 Å². The fourth-order valence-corrected chi connectivity index (χ4v) is 7.13. The minimum Gasteiger partial charge on any atom is -0.397 e. The van der Waals surface area contributed by atoms with E-state index in [0.29, 0.717) is 5.96 Å². The second-order valence-electron chi connectivity index (χ2n) is 9.60. The molecule has 0 saturated heterocycles. The molecule has 0 heterocycles. The fraction of sp³-hybridized carbons (Fsp3) is 0.522. The number of nitrogens with zero attached hydrogens (tertiary/aromatic N) is 1. The van der Waals surface area contributed by atoms with Gasteiger partial charge in [-0.25, -0.2) is 4.99 Å². The van der Waals surface area contributed by atoms with Crippen molar-refractivity contribution in [1.29, 1.82) is 0 Å². The summed E-state index contributed by atoms with van der Waals surface area (Å²) in [6, 6.07) is 8.59. The van der Waals surface area contributed by atoms with E-state index in [2.05, 4.69) is 29.6 Å². The Morgan fingerprint density at radius 3 is 2.44 bits per heavy atom. The van der Waals surface area contributed by atoms with E-state index in [0.717, 1.165) is 42.0 Å². The van der Waals surface area contributed by atoms with Gasteiger partial charge in [0.05, 0.1) is 16.9 Å². The largest absolute Gasteiger partial charge is 0.397 e. The second-order valence-corrected chi connectivity index (χ2v) is 9.60. The maximum atomic E-state index is 6.46. The normalized spacial score (nSPS) is 33.8. The predicted molar refractivity (Wildman–Crippen MR) is 112 cm³/mol. The molecule has 0 aromatic heterocycles. The number of hydrogen-bond donors (Lipinski definition) is 3. The summed E-state index contributed by atoms with van der Waals surface area (Å²) in [6.45, 7) is 0. The Kier molecular flexibility index (Phi) is 3.16. The lowest BCUT2D eigenvalue weighted by molar-refractivity contribution is 0.00163. The lowest BCUT2D eigenvalue weighted by atomic mass is 9.53. The van der Waals surface area contributed by atoms with Crippen LogP contribution in [0.25, 0.3) is 10.8 Å². The molecule has 4 bridgehead atoms. The third-order valence-electron chi connectivity index (χ3n) is 7.65. The first-order chi connectivity index (χ1) is 13.1. The Bertz CT molecular complexity index is 939. The number of aryl methyl sites for hydroxylation is 2. The van der Waals surface area contributed by atoms with Crippen molar-refractivity contribution in [2.45, 2.75) is 56.9 Å². The van der Waals surface area contributed by atoms with Crippen LogP contribution in [-0.2, 0) is 12.8 Å². The summed E-state index contributed by atoms with van der Waals surface area (Å²) in [7, 11) is 0. The molecular weight excluding hydrogens is 332 g/mol. The second kappa shape index (κ2) is 5.40. The van der Waals surface area contributed by atoms with Gasteiger partial charge in [-0.2, -0.15) is 0 Å². The van der Waals surface area contributed by atoms with E-state index < -0.39 is 0 Å². The number of hydrogen-bond acceptors (Lipinski definition) is 2. The SMILES string of the molecule is NC(=NC12CC3CC(CC(C3)C1)C2)Nc1c(N)cc2cccc3c2c1CC3. The molecule has 2 aromatic carbocycles. The van der Waals surface area contributed by atoms with Gasteiger partial charge in [-0.15, -0.1) is 0 Å². The Labute approximate surface area is 160 Å². The van der Waals surface area contributed by atoms with Crippen molar-refractivity contribution in [2.75, 3.05) is 11.1 Å². The number of anilines is 2. The number of nitrogen functional groups attached to an aromatic ring is 1. The zero-order valence-electron chi connectivity index (χ0n) is 15.8. The fourth-order valence-electron chi connectivity index (χ4n) is 7.13. The van der Waals surface area contributed by atoms with Crippen LogP contribution in [0.4, 0.5) is 11.4 Å². The van der Waals surface area contributed by atoms with Crippen molar-refractivity contribution >= 4 is 28.1 Å². The molecule has 2 aromatic rings. The first-order valence-electron chi connectivity index (χ1n) is 10.5. The highest BCUT2D eigenvalue weighted by atomic mass is 15.1. The third kappa shape index (κ3) is 2.38. The maximum absolute atomic E-state index is 6.46. The quantitative estimate of drug-likeness (QED) is 0.426. The molecule has 5 aliphatic rings. The van der Waals surface area contributed by atoms with E-state index in [-0.39, 0.29) is 5.54 Å². The van der Waals surface area contributed by atoms with Crippen molar-refractivity contribution in [1.82, 2.24) is 0 Å². The zero-order chi connectivity index (χ0) is 18.2. The van der Waals surface area contributed by atoms with Gasteiger partial charge >= 0.3 is 0 Å². The van der Waals surface area contributed by atoms with Gasteiger partial charge in [0.15, 0.2) is 5.96 Å². The van der Waals surface area contributed by atoms with Crippen LogP contribution in [0.2, 0.25) is 0 Å². The molecule has 4 nitrogen and oxygen atoms in total. The van der Waals surface area contributed by atoms with Gasteiger partial charge in [-0.1, -0.05) is 18.2 Å². The smallest absolute Gasteiger partial charge is 0.193 e. The molecule has 4 fully saturated rings. The number of guanidine groups is 1. The summed E-state index contributed by atoms with van der Waals surface area (Å²) in [5.41, 5.74) is 17.5. The highest BCUT2D eigenvalue weighted by Crippen LogP contribution is 2.57. The molecular formula is C23H28N4. The van der Waals surface area contributed by atoms with Crippen LogP contribution in [-0.4, -0.2) is 11.5 Å². The summed E-state index contributed by atoms with van der Waals surface area (Å²) < 4.78 is 0. The molecule has 4 heteroatoms. The van der Waals surface area contributed by atoms with E-state index in [9.17, 15) is 0 Å². The lowest BCUT2D eigenvalue weighted by Gasteiger charge is -2.54. The van der Waals surface area contributed by atoms with E-state index >= 15 is 0 Å². The van der Waals surface area contributed by atoms with Crippen LogP contribution in [0.5, 0.6) is 0 Å². The molecule has 7 rings (SSSR count). The summed E-state index contributed by atoms with van der Waals surface area (Å²) in [5.74, 6) is 3.18. The molecule has 0 spiro atoms. The van der Waals surface area contributed by atoms with Crippen molar-refractivity contribution in [3.63, 3.8) is 0 Å². The van der Waals surface area contributed by atoms with E-state index in [1.54, 1.807) is 0 Å². The number of aliphatic imine (C=N–C) groups is 1. The van der Waals surface area contributed by atoms with E-state index in [4.69, 9.17) is 16.5 Å². The Balaban J connectivity index is 1.36. The molecule has 140 valence electrons. The van der Waals surface area contributed by atoms with E-state index in [1.807, 2.05) is 0 Å². The molecule has 5 N–H and O–H groups in total. The van der Waals surface area contributed by atoms with Crippen molar-refractivity contribution in [3.05, 3.63) is 35.4 Å². The number of nitrogens with one attached hydrogen (secondary N) is 1. The molecule has 0 unspecified atom stereocenters. The topological polar surface area (TPSA) is 76.4 Å². The van der Waals surface area contributed by atoms with Gasteiger partial charge in [-0.3, -0.25) is 0 Å². The molecule has 0 amide bonds. The van der Waals surface area contributed by atoms with Crippen LogP contribution >= 0.6 is 0 Å². The highest BCUT2D eigenvalue weighted by molar-refractivity contribution is 6.04. The first kappa shape index (κ1) is 15.8. The zero-order valence-corrected chi connectivity index (χ0v) is 15.8. The Morgan fingerprint density at radius 2 is 1.74 bits per heavy atom. The molecule has 4 saturated carbocycles. The summed E-state index contributed by atoms with van der Waals surface area (Å²) in [4.78, 5) is 5.11. The summed E-state index contributed by atoms with van der Waals surface area (Å²) in [6.07, 6.45) is 10.1. The van der Waals surface area contributed by atoms with Crippen LogP contribution in [0.1, 0.15) is 49.7 Å². The number of benzene rings is 2. The molecule has 0 atom stereocenters. The third-order valence-corrected chi connectivity index (χ3v) is 7.65. The molecule has 5 aliphatic carbocycles. The average molecular weight is 361 g/mol. The van der Waals surface area contributed by atoms with Crippen molar-refractivity contribution in [3.8, 4) is 0 Å². The minimum absolute atomic E-state index is 0.0863. The maximum Gasteiger partial charge on any atom is 0.193 e. The van der Waals surface area contributed by atoms with Gasteiger partial charge in [0.25, 0.3) is 0 Å².